The summed E-state index contributed by atoms with van der Waals surface area (Å²) in [5.74, 6) is -1.36. The molecular weight excluding hydrogens is 573 g/mol. The zero-order chi connectivity index (χ0) is 27.9. The summed E-state index contributed by atoms with van der Waals surface area (Å²) in [7, 11) is -4.13. The molecule has 7 nitrogen and oxygen atoms in total. The van der Waals surface area contributed by atoms with Gasteiger partial charge in [-0.1, -0.05) is 52.7 Å². The SMILES string of the molecule is CCCNC(=O)[C@@H](C)N(Cc1ccc(F)cc1)C(=O)CN(c1ccc(Br)cc1)S(=O)(=O)c1ccc(C)cc1. The molecule has 2 amide bonds. The van der Waals surface area contributed by atoms with Crippen molar-refractivity contribution in [2.24, 2.45) is 0 Å². The highest BCUT2D eigenvalue weighted by Gasteiger charge is 2.32. The summed E-state index contributed by atoms with van der Waals surface area (Å²) < 4.78 is 42.8. The van der Waals surface area contributed by atoms with Crippen LogP contribution in [0.1, 0.15) is 31.4 Å². The first-order valence-corrected chi connectivity index (χ1v) is 14.4. The van der Waals surface area contributed by atoms with Crippen molar-refractivity contribution in [2.45, 2.75) is 44.7 Å². The number of hydrogen-bond acceptors (Lipinski definition) is 4. The van der Waals surface area contributed by atoms with Crippen LogP contribution in [0.15, 0.2) is 82.2 Å². The van der Waals surface area contributed by atoms with Gasteiger partial charge in [0.05, 0.1) is 10.6 Å². The fourth-order valence-corrected chi connectivity index (χ4v) is 5.42. The minimum absolute atomic E-state index is 0.00141. The number of amides is 2. The Kier molecular flexibility index (Phi) is 10.0. The van der Waals surface area contributed by atoms with Crippen molar-refractivity contribution in [3.8, 4) is 0 Å². The monoisotopic (exact) mass is 603 g/mol. The molecule has 1 atom stereocenters. The Morgan fingerprint density at radius 3 is 2.16 bits per heavy atom. The fourth-order valence-electron chi connectivity index (χ4n) is 3.74. The molecule has 38 heavy (non-hydrogen) atoms. The molecule has 0 aliphatic rings. The van der Waals surface area contributed by atoms with Gasteiger partial charge in [0.2, 0.25) is 11.8 Å². The van der Waals surface area contributed by atoms with E-state index in [1.54, 1.807) is 43.3 Å². The summed E-state index contributed by atoms with van der Waals surface area (Å²) in [6.45, 7) is 5.26. The number of halogens is 2. The molecule has 0 saturated heterocycles. The number of carbonyl (C=O) groups excluding carboxylic acids is 2. The maximum atomic E-state index is 13.8. The Morgan fingerprint density at radius 2 is 1.58 bits per heavy atom. The summed E-state index contributed by atoms with van der Waals surface area (Å²) >= 11 is 3.36. The van der Waals surface area contributed by atoms with Gasteiger partial charge in [-0.15, -0.1) is 0 Å². The Labute approximate surface area is 231 Å². The van der Waals surface area contributed by atoms with Crippen LogP contribution in [0.5, 0.6) is 0 Å². The van der Waals surface area contributed by atoms with Gasteiger partial charge in [0.1, 0.15) is 18.4 Å². The molecular formula is C28H31BrFN3O4S. The number of carbonyl (C=O) groups is 2. The van der Waals surface area contributed by atoms with E-state index in [1.807, 2.05) is 13.8 Å². The maximum absolute atomic E-state index is 13.8. The molecule has 10 heteroatoms. The summed E-state index contributed by atoms with van der Waals surface area (Å²) in [5.41, 5.74) is 1.80. The average Bonchev–Trinajstić information content (AvgIpc) is 2.90. The lowest BCUT2D eigenvalue weighted by atomic mass is 10.1. The van der Waals surface area contributed by atoms with Crippen LogP contribution in [0.2, 0.25) is 0 Å². The van der Waals surface area contributed by atoms with Gasteiger partial charge in [0.15, 0.2) is 0 Å². The number of anilines is 1. The standard InChI is InChI=1S/C28H31BrFN3O4S/c1-4-17-31-28(35)21(3)32(18-22-7-11-24(30)12-8-22)27(34)19-33(25-13-9-23(29)10-14-25)38(36,37)26-15-5-20(2)6-16-26/h5-16,21H,4,17-19H2,1-3H3,(H,31,35)/t21-/m1/s1. The molecule has 3 rings (SSSR count). The van der Waals surface area contributed by atoms with Gasteiger partial charge in [-0.05, 0) is 74.4 Å². The average molecular weight is 605 g/mol. The Morgan fingerprint density at radius 1 is 0.974 bits per heavy atom. The van der Waals surface area contributed by atoms with Crippen molar-refractivity contribution >= 4 is 43.5 Å². The quantitative estimate of drug-likeness (QED) is 0.333. The van der Waals surface area contributed by atoms with E-state index in [1.165, 1.54) is 41.3 Å². The van der Waals surface area contributed by atoms with Crippen LogP contribution in [0.3, 0.4) is 0 Å². The first kappa shape index (κ1) is 29.3. The van der Waals surface area contributed by atoms with Crippen molar-refractivity contribution in [1.82, 2.24) is 10.2 Å². The van der Waals surface area contributed by atoms with Gasteiger partial charge < -0.3 is 10.2 Å². The van der Waals surface area contributed by atoms with Crippen LogP contribution >= 0.6 is 15.9 Å². The van der Waals surface area contributed by atoms with E-state index in [0.717, 1.165) is 20.8 Å². The third-order valence-electron chi connectivity index (χ3n) is 5.99. The van der Waals surface area contributed by atoms with E-state index in [2.05, 4.69) is 21.2 Å². The van der Waals surface area contributed by atoms with E-state index < -0.39 is 34.3 Å². The second-order valence-electron chi connectivity index (χ2n) is 8.92. The van der Waals surface area contributed by atoms with Gasteiger partial charge in [-0.2, -0.15) is 0 Å². The molecule has 3 aromatic rings. The maximum Gasteiger partial charge on any atom is 0.264 e. The molecule has 0 bridgehead atoms. The van der Waals surface area contributed by atoms with Crippen LogP contribution in [0.25, 0.3) is 0 Å². The van der Waals surface area contributed by atoms with Crippen LogP contribution in [0.4, 0.5) is 10.1 Å². The number of rotatable bonds is 11. The molecule has 0 saturated carbocycles. The van der Waals surface area contributed by atoms with E-state index in [0.29, 0.717) is 17.8 Å². The smallest absolute Gasteiger partial charge is 0.264 e. The molecule has 0 heterocycles. The topological polar surface area (TPSA) is 86.8 Å². The van der Waals surface area contributed by atoms with Crippen LogP contribution in [-0.2, 0) is 26.2 Å². The lowest BCUT2D eigenvalue weighted by molar-refractivity contribution is -0.139. The van der Waals surface area contributed by atoms with Gasteiger partial charge in [0, 0.05) is 17.6 Å². The van der Waals surface area contributed by atoms with Gasteiger partial charge in [0.25, 0.3) is 10.0 Å². The first-order chi connectivity index (χ1) is 18.0. The van der Waals surface area contributed by atoms with Crippen LogP contribution in [0, 0.1) is 12.7 Å². The lowest BCUT2D eigenvalue weighted by Gasteiger charge is -2.32. The lowest BCUT2D eigenvalue weighted by Crippen LogP contribution is -2.51. The molecule has 0 aliphatic carbocycles. The van der Waals surface area contributed by atoms with Crippen molar-refractivity contribution in [2.75, 3.05) is 17.4 Å². The second-order valence-corrected chi connectivity index (χ2v) is 11.7. The first-order valence-electron chi connectivity index (χ1n) is 12.2. The Balaban J connectivity index is 2.00. The van der Waals surface area contributed by atoms with Crippen molar-refractivity contribution in [3.63, 3.8) is 0 Å². The number of sulfonamides is 1. The summed E-state index contributed by atoms with van der Waals surface area (Å²) in [6, 6.07) is 17.7. The predicted molar refractivity (Wildman–Crippen MR) is 150 cm³/mol. The molecule has 0 fully saturated rings. The van der Waals surface area contributed by atoms with Gasteiger partial charge >= 0.3 is 0 Å². The number of benzene rings is 3. The van der Waals surface area contributed by atoms with Crippen molar-refractivity contribution in [1.29, 1.82) is 0 Å². The second kappa shape index (κ2) is 13.0. The number of nitrogens with one attached hydrogen (secondary N) is 1. The normalized spacial score (nSPS) is 12.0. The van der Waals surface area contributed by atoms with Gasteiger partial charge in [-0.3, -0.25) is 13.9 Å². The van der Waals surface area contributed by atoms with E-state index in [-0.39, 0.29) is 17.3 Å². The zero-order valence-corrected chi connectivity index (χ0v) is 23.9. The third-order valence-corrected chi connectivity index (χ3v) is 8.30. The third kappa shape index (κ3) is 7.41. The predicted octanol–water partition coefficient (Wildman–Crippen LogP) is 5.04. The Bertz CT molecular complexity index is 1350. The molecule has 0 spiro atoms. The van der Waals surface area contributed by atoms with E-state index in [4.69, 9.17) is 0 Å². The molecule has 202 valence electrons. The molecule has 3 aromatic carbocycles. The highest BCUT2D eigenvalue weighted by molar-refractivity contribution is 9.10. The zero-order valence-electron chi connectivity index (χ0n) is 21.5. The van der Waals surface area contributed by atoms with E-state index in [9.17, 15) is 22.4 Å². The summed E-state index contributed by atoms with van der Waals surface area (Å²) in [6.07, 6.45) is 0.719. The Hall–Kier alpha value is -3.24. The summed E-state index contributed by atoms with van der Waals surface area (Å²) in [5, 5.41) is 2.79. The van der Waals surface area contributed by atoms with Crippen LogP contribution < -0.4 is 9.62 Å². The highest BCUT2D eigenvalue weighted by Crippen LogP contribution is 2.26. The number of nitrogens with zero attached hydrogens (tertiary/aromatic N) is 2. The van der Waals surface area contributed by atoms with Gasteiger partial charge in [-0.25, -0.2) is 12.8 Å². The number of aryl methyl sites for hydroxylation is 1. The molecule has 0 aromatic heterocycles. The molecule has 0 radical (unpaired) electrons. The largest absolute Gasteiger partial charge is 0.354 e. The van der Waals surface area contributed by atoms with E-state index >= 15 is 0 Å². The molecule has 1 N–H and O–H groups in total. The fraction of sp³-hybridized carbons (Fsp3) is 0.286. The summed E-state index contributed by atoms with van der Waals surface area (Å²) in [4.78, 5) is 28.0. The highest BCUT2D eigenvalue weighted by atomic mass is 79.9. The minimum Gasteiger partial charge on any atom is -0.354 e. The van der Waals surface area contributed by atoms with Crippen LogP contribution in [-0.4, -0.2) is 44.3 Å². The minimum atomic E-state index is -4.13. The number of hydrogen-bond donors (Lipinski definition) is 1. The van der Waals surface area contributed by atoms with Crippen molar-refractivity contribution in [3.05, 3.63) is 94.2 Å². The molecule has 0 unspecified atom stereocenters. The van der Waals surface area contributed by atoms with Crippen molar-refractivity contribution < 1.29 is 22.4 Å². The molecule has 0 aliphatic heterocycles.